The molecule has 1 aliphatic rings. The molecule has 3 aromatic rings. The van der Waals surface area contributed by atoms with E-state index in [1.54, 1.807) is 18.9 Å². The molecule has 0 aliphatic carbocycles. The van der Waals surface area contributed by atoms with Gasteiger partial charge in [0, 0.05) is 42.3 Å². The van der Waals surface area contributed by atoms with Crippen molar-refractivity contribution < 1.29 is 13.9 Å². The molecule has 5 nitrogen and oxygen atoms in total. The van der Waals surface area contributed by atoms with E-state index < -0.39 is 0 Å². The Morgan fingerprint density at radius 2 is 1.91 bits per heavy atom. The molecule has 0 radical (unpaired) electrons. The van der Waals surface area contributed by atoms with Crippen molar-refractivity contribution in [1.29, 1.82) is 0 Å². The lowest BCUT2D eigenvalue weighted by atomic mass is 9.87. The van der Waals surface area contributed by atoms with Gasteiger partial charge in [-0.05, 0) is 60.7 Å². The van der Waals surface area contributed by atoms with Crippen molar-refractivity contribution in [2.45, 2.75) is 56.7 Å². The number of methoxy groups -OCH3 is 1. The van der Waals surface area contributed by atoms with Gasteiger partial charge in [0.2, 0.25) is 0 Å². The summed E-state index contributed by atoms with van der Waals surface area (Å²) in [6.45, 7) is 13.1. The highest BCUT2D eigenvalue weighted by Crippen LogP contribution is 2.32. The predicted molar refractivity (Wildman–Crippen MR) is 144 cm³/mol. The van der Waals surface area contributed by atoms with E-state index in [9.17, 15) is 4.79 Å². The van der Waals surface area contributed by atoms with Gasteiger partial charge in [-0.3, -0.25) is 4.79 Å². The molecule has 1 atom stereocenters. The maximum atomic E-state index is 13.2. The molecule has 0 spiro atoms. The number of carbonyl (C=O) groups excluding carboxylic acids is 1. The van der Waals surface area contributed by atoms with Gasteiger partial charge in [-0.1, -0.05) is 39.0 Å². The molecule has 1 fully saturated rings. The lowest BCUT2D eigenvalue weighted by Crippen LogP contribution is -2.53. The number of anilines is 1. The first kappa shape index (κ1) is 25.2. The summed E-state index contributed by atoms with van der Waals surface area (Å²) in [6, 6.07) is 18.7. The molecule has 6 heteroatoms. The summed E-state index contributed by atoms with van der Waals surface area (Å²) in [6.07, 6.45) is 0. The average Bonchev–Trinajstić information content (AvgIpc) is 3.31. The van der Waals surface area contributed by atoms with Gasteiger partial charge >= 0.3 is 0 Å². The van der Waals surface area contributed by atoms with Crippen LogP contribution in [0.25, 0.3) is 0 Å². The summed E-state index contributed by atoms with van der Waals surface area (Å²) < 4.78 is 11.4. The van der Waals surface area contributed by atoms with Gasteiger partial charge in [0.15, 0.2) is 5.76 Å². The molecule has 1 aliphatic heterocycles. The van der Waals surface area contributed by atoms with E-state index in [0.717, 1.165) is 23.7 Å². The molecule has 0 N–H and O–H groups in total. The number of rotatable bonds is 6. The van der Waals surface area contributed by atoms with Gasteiger partial charge in [-0.2, -0.15) is 0 Å². The Balaban J connectivity index is 1.37. The number of ether oxygens (including phenoxy) is 1. The number of piperazine rings is 1. The Hall–Kier alpha value is -2.86. The minimum absolute atomic E-state index is 0.0377. The van der Waals surface area contributed by atoms with Crippen LogP contribution in [0, 0.1) is 6.92 Å². The van der Waals surface area contributed by atoms with E-state index in [-0.39, 0.29) is 17.4 Å². The van der Waals surface area contributed by atoms with Gasteiger partial charge in [-0.25, -0.2) is 0 Å². The summed E-state index contributed by atoms with van der Waals surface area (Å²) in [4.78, 5) is 18.6. The Bertz CT molecular complexity index is 1180. The predicted octanol–water partition coefficient (Wildman–Crippen LogP) is 6.54. The molecular weight excluding hydrogens is 456 g/mol. The summed E-state index contributed by atoms with van der Waals surface area (Å²) in [7, 11) is 1.68. The third kappa shape index (κ3) is 5.87. The van der Waals surface area contributed by atoms with E-state index in [0.29, 0.717) is 24.6 Å². The van der Waals surface area contributed by atoms with Gasteiger partial charge in [-0.15, -0.1) is 11.8 Å². The van der Waals surface area contributed by atoms with Crippen molar-refractivity contribution in [2.24, 2.45) is 0 Å². The highest BCUT2D eigenvalue weighted by Gasteiger charge is 2.29. The first-order valence-corrected chi connectivity index (χ1v) is 13.2. The van der Waals surface area contributed by atoms with Crippen LogP contribution in [0.2, 0.25) is 0 Å². The average molecular weight is 493 g/mol. The highest BCUT2D eigenvalue weighted by atomic mass is 32.2. The van der Waals surface area contributed by atoms with Crippen molar-refractivity contribution in [3.63, 3.8) is 0 Å². The molecule has 2 heterocycles. The van der Waals surface area contributed by atoms with Gasteiger partial charge < -0.3 is 19.0 Å². The van der Waals surface area contributed by atoms with E-state index in [4.69, 9.17) is 9.15 Å². The monoisotopic (exact) mass is 492 g/mol. The number of benzene rings is 2. The summed E-state index contributed by atoms with van der Waals surface area (Å²) in [5.74, 6) is 2.74. The topological polar surface area (TPSA) is 45.9 Å². The summed E-state index contributed by atoms with van der Waals surface area (Å²) in [5.41, 5.74) is 3.81. The second-order valence-electron chi connectivity index (χ2n) is 10.3. The van der Waals surface area contributed by atoms with Gasteiger partial charge in [0.1, 0.15) is 11.5 Å². The number of carbonyl (C=O) groups is 1. The largest absolute Gasteiger partial charge is 0.497 e. The zero-order valence-corrected chi connectivity index (χ0v) is 22.4. The minimum Gasteiger partial charge on any atom is -0.497 e. The zero-order valence-electron chi connectivity index (χ0n) is 21.6. The molecule has 1 aromatic heterocycles. The fourth-order valence-corrected chi connectivity index (χ4v) is 5.37. The summed E-state index contributed by atoms with van der Waals surface area (Å²) >= 11 is 1.76. The van der Waals surface area contributed by atoms with E-state index >= 15 is 0 Å². The van der Waals surface area contributed by atoms with Crippen LogP contribution in [0.5, 0.6) is 5.75 Å². The van der Waals surface area contributed by atoms with Crippen LogP contribution < -0.4 is 9.64 Å². The van der Waals surface area contributed by atoms with Crippen molar-refractivity contribution in [3.8, 4) is 5.75 Å². The first-order chi connectivity index (χ1) is 16.7. The van der Waals surface area contributed by atoms with Crippen molar-refractivity contribution >= 4 is 23.4 Å². The molecule has 1 unspecified atom stereocenters. The number of nitrogens with zero attached hydrogens (tertiary/aromatic N) is 2. The van der Waals surface area contributed by atoms with Gasteiger partial charge in [0.25, 0.3) is 5.91 Å². The SMILES string of the molecule is COc1cccc(N2CCN(C(=O)c3ccc(CSc4cc(C(C)(C)C)ccc4C)o3)CC2C)c1. The Kier molecular flexibility index (Phi) is 7.50. The Labute approximate surface area is 213 Å². The molecule has 2 aromatic carbocycles. The van der Waals surface area contributed by atoms with E-state index in [1.165, 1.54) is 16.0 Å². The van der Waals surface area contributed by atoms with Crippen LogP contribution in [0.4, 0.5) is 5.69 Å². The molecule has 0 bridgehead atoms. The number of aryl methyl sites for hydroxylation is 1. The molecule has 186 valence electrons. The Morgan fingerprint density at radius 3 is 2.63 bits per heavy atom. The van der Waals surface area contributed by atoms with E-state index in [1.807, 2.05) is 35.2 Å². The number of hydrogen-bond donors (Lipinski definition) is 0. The second kappa shape index (κ2) is 10.4. The van der Waals surface area contributed by atoms with E-state index in [2.05, 4.69) is 63.8 Å². The van der Waals surface area contributed by atoms with Crippen molar-refractivity contribution in [1.82, 2.24) is 4.90 Å². The standard InChI is InChI=1S/C29H36N2O3S/c1-20-10-11-22(29(3,4)5)16-27(20)35-19-25-12-13-26(34-25)28(32)30-14-15-31(21(2)18-30)23-8-7-9-24(17-23)33-6/h7-13,16-17,21H,14-15,18-19H2,1-6H3. The van der Waals surface area contributed by atoms with Crippen LogP contribution in [0.1, 0.15) is 55.1 Å². The third-order valence-electron chi connectivity index (χ3n) is 6.60. The lowest BCUT2D eigenvalue weighted by Gasteiger charge is -2.41. The zero-order chi connectivity index (χ0) is 25.2. The van der Waals surface area contributed by atoms with Gasteiger partial charge in [0.05, 0.1) is 12.9 Å². The highest BCUT2D eigenvalue weighted by molar-refractivity contribution is 7.98. The van der Waals surface area contributed by atoms with Crippen LogP contribution in [0.3, 0.4) is 0 Å². The molecule has 0 saturated carbocycles. The fourth-order valence-electron chi connectivity index (χ4n) is 4.41. The second-order valence-corrected chi connectivity index (χ2v) is 11.3. The maximum absolute atomic E-state index is 13.2. The molecule has 35 heavy (non-hydrogen) atoms. The number of hydrogen-bond acceptors (Lipinski definition) is 5. The minimum atomic E-state index is -0.0377. The number of furan rings is 1. The smallest absolute Gasteiger partial charge is 0.289 e. The molecule has 1 amide bonds. The lowest BCUT2D eigenvalue weighted by molar-refractivity contribution is 0.0692. The third-order valence-corrected chi connectivity index (χ3v) is 7.78. The van der Waals surface area contributed by atoms with Crippen LogP contribution in [0.15, 0.2) is 63.9 Å². The van der Waals surface area contributed by atoms with Crippen LogP contribution >= 0.6 is 11.8 Å². The fraction of sp³-hybridized carbons (Fsp3) is 0.414. The maximum Gasteiger partial charge on any atom is 0.289 e. The Morgan fingerprint density at radius 1 is 1.11 bits per heavy atom. The molecule has 1 saturated heterocycles. The first-order valence-electron chi connectivity index (χ1n) is 12.2. The summed E-state index contributed by atoms with van der Waals surface area (Å²) in [5, 5.41) is 0. The normalized spacial score (nSPS) is 16.5. The molecule has 4 rings (SSSR count). The van der Waals surface area contributed by atoms with Crippen molar-refractivity contribution in [2.75, 3.05) is 31.6 Å². The molecular formula is C29H36N2O3S. The van der Waals surface area contributed by atoms with Crippen LogP contribution in [-0.4, -0.2) is 43.6 Å². The number of amides is 1. The number of thioether (sulfide) groups is 1. The van der Waals surface area contributed by atoms with Crippen LogP contribution in [-0.2, 0) is 11.2 Å². The quantitative estimate of drug-likeness (QED) is 0.366. The van der Waals surface area contributed by atoms with Crippen molar-refractivity contribution in [3.05, 3.63) is 77.2 Å².